The lowest BCUT2D eigenvalue weighted by Gasteiger charge is -2.18. The van der Waals surface area contributed by atoms with Gasteiger partial charge in [0.2, 0.25) is 5.91 Å². The van der Waals surface area contributed by atoms with Crippen LogP contribution in [-0.4, -0.2) is 37.3 Å². The van der Waals surface area contributed by atoms with Crippen LogP contribution in [0.2, 0.25) is 0 Å². The molecule has 0 aliphatic heterocycles. The predicted octanol–water partition coefficient (Wildman–Crippen LogP) is 2.62. The number of aliphatic imine (C=N–C) groups is 1. The van der Waals surface area contributed by atoms with Crippen LogP contribution >= 0.6 is 0 Å². The Morgan fingerprint density at radius 3 is 2.48 bits per heavy atom. The predicted molar refractivity (Wildman–Crippen MR) is 114 cm³/mol. The van der Waals surface area contributed by atoms with E-state index in [-0.39, 0.29) is 11.9 Å². The summed E-state index contributed by atoms with van der Waals surface area (Å²) in [6.07, 6.45) is 7.73. The average molecular weight is 393 g/mol. The number of hydrogen-bond acceptors (Lipinski definition) is 5. The molecule has 2 N–H and O–H groups in total. The van der Waals surface area contributed by atoms with Gasteiger partial charge in [-0.3, -0.25) is 4.79 Å². The molecule has 0 unspecified atom stereocenters. The van der Waals surface area contributed by atoms with Crippen molar-refractivity contribution in [2.45, 2.75) is 38.8 Å². The molecule has 152 valence electrons. The Kier molecular flexibility index (Phi) is 8.19. The minimum Gasteiger partial charge on any atom is -0.466 e. The van der Waals surface area contributed by atoms with Crippen LogP contribution in [0.3, 0.4) is 0 Å². The van der Waals surface area contributed by atoms with Crippen LogP contribution in [0.25, 0.3) is 0 Å². The summed E-state index contributed by atoms with van der Waals surface area (Å²) in [6, 6.07) is 7.92. The van der Waals surface area contributed by atoms with Gasteiger partial charge < -0.3 is 15.4 Å². The zero-order chi connectivity index (χ0) is 21.2. The molecule has 6 nitrogen and oxygen atoms in total. The quantitative estimate of drug-likeness (QED) is 0.234. The first-order valence-corrected chi connectivity index (χ1v) is 9.47. The molecule has 1 aliphatic carbocycles. The molecule has 0 heterocycles. The summed E-state index contributed by atoms with van der Waals surface area (Å²) in [5, 5.41) is 6.19. The van der Waals surface area contributed by atoms with E-state index in [4.69, 9.17) is 0 Å². The first kappa shape index (κ1) is 21.9. The van der Waals surface area contributed by atoms with E-state index in [9.17, 15) is 9.59 Å². The van der Waals surface area contributed by atoms with E-state index in [0.717, 1.165) is 12.8 Å². The topological polar surface area (TPSA) is 79.8 Å². The zero-order valence-corrected chi connectivity index (χ0v) is 17.1. The fourth-order valence-corrected chi connectivity index (χ4v) is 2.98. The number of carbonyl (C=O) groups is 2. The Labute approximate surface area is 171 Å². The Balaban J connectivity index is 1.89. The summed E-state index contributed by atoms with van der Waals surface area (Å²) in [4.78, 5) is 28.0. The number of hydrogen-bond donors (Lipinski definition) is 2. The van der Waals surface area contributed by atoms with Crippen molar-refractivity contribution in [1.29, 1.82) is 0 Å². The van der Waals surface area contributed by atoms with Crippen LogP contribution in [0.15, 0.2) is 71.2 Å². The molecule has 29 heavy (non-hydrogen) atoms. The standard InChI is InChI=1S/C23H27N3O3/c1-5-17(11-12-22(27)29-4)15-24-21(6-2)25-16(3)23(28)26-20-13-18-9-7-8-10-19(18)14-20/h6-12,15-16,20,25H,1,13-14H2,2-4H3,(H,26,28)/b12-11+,21-6+,24-15-/t16-/m1/s1. The van der Waals surface area contributed by atoms with Crippen LogP contribution in [0.5, 0.6) is 0 Å². The molecular formula is C23H27N3O3. The van der Waals surface area contributed by atoms with Gasteiger partial charge in [-0.15, -0.1) is 5.73 Å². The number of rotatable bonds is 8. The SMILES string of the molecule is C=C=C(/C=N\C(=C/C)N[C@H](C)C(=O)NC1Cc2ccccc2C1)/C=C/C(=O)OC. The lowest BCUT2D eigenvalue weighted by atomic mass is 10.1. The first-order valence-electron chi connectivity index (χ1n) is 9.47. The minimum absolute atomic E-state index is 0.0811. The van der Waals surface area contributed by atoms with Crippen molar-refractivity contribution in [3.8, 4) is 0 Å². The van der Waals surface area contributed by atoms with Gasteiger partial charge in [0.1, 0.15) is 11.9 Å². The zero-order valence-electron chi connectivity index (χ0n) is 17.1. The summed E-state index contributed by atoms with van der Waals surface area (Å²) in [5.74, 6) is -0.0288. The molecule has 0 radical (unpaired) electrons. The van der Waals surface area contributed by atoms with Gasteiger partial charge in [-0.2, -0.15) is 0 Å². The maximum absolute atomic E-state index is 12.6. The number of carbonyl (C=O) groups excluding carboxylic acids is 2. The Bertz CT molecular complexity index is 867. The number of esters is 1. The molecule has 1 aromatic rings. The molecule has 1 aliphatic rings. The van der Waals surface area contributed by atoms with Crippen LogP contribution in [-0.2, 0) is 27.2 Å². The Morgan fingerprint density at radius 1 is 1.28 bits per heavy atom. The van der Waals surface area contributed by atoms with Crippen molar-refractivity contribution in [2.24, 2.45) is 4.99 Å². The monoisotopic (exact) mass is 393 g/mol. The van der Waals surface area contributed by atoms with Crippen molar-refractivity contribution in [2.75, 3.05) is 7.11 Å². The molecule has 6 heteroatoms. The third kappa shape index (κ3) is 6.63. The average Bonchev–Trinajstić information content (AvgIpc) is 3.14. The lowest BCUT2D eigenvalue weighted by molar-refractivity contribution is -0.134. The van der Waals surface area contributed by atoms with E-state index >= 15 is 0 Å². The van der Waals surface area contributed by atoms with E-state index in [0.29, 0.717) is 11.4 Å². The number of nitrogens with zero attached hydrogens (tertiary/aromatic N) is 1. The largest absolute Gasteiger partial charge is 0.466 e. The number of benzene rings is 1. The molecule has 0 aromatic heterocycles. The summed E-state index contributed by atoms with van der Waals surface area (Å²) >= 11 is 0. The van der Waals surface area contributed by atoms with Gasteiger partial charge in [-0.1, -0.05) is 30.8 Å². The van der Waals surface area contributed by atoms with Gasteiger partial charge in [0, 0.05) is 23.9 Å². The molecule has 0 saturated carbocycles. The second-order valence-corrected chi connectivity index (χ2v) is 6.67. The van der Waals surface area contributed by atoms with Gasteiger partial charge in [0.05, 0.1) is 7.11 Å². The molecule has 2 rings (SSSR count). The minimum atomic E-state index is -0.477. The molecule has 1 atom stereocenters. The highest BCUT2D eigenvalue weighted by Crippen LogP contribution is 2.21. The van der Waals surface area contributed by atoms with Crippen molar-refractivity contribution >= 4 is 18.1 Å². The van der Waals surface area contributed by atoms with Crippen LogP contribution in [0.1, 0.15) is 25.0 Å². The molecule has 0 spiro atoms. The summed E-state index contributed by atoms with van der Waals surface area (Å²) in [5.41, 5.74) is 5.78. The number of fused-ring (bicyclic) bond motifs is 1. The van der Waals surface area contributed by atoms with Crippen molar-refractivity contribution in [3.63, 3.8) is 0 Å². The fourth-order valence-electron chi connectivity index (χ4n) is 2.98. The van der Waals surface area contributed by atoms with Gasteiger partial charge >= 0.3 is 5.97 Å². The van der Waals surface area contributed by atoms with Gasteiger partial charge in [0.15, 0.2) is 0 Å². The van der Waals surface area contributed by atoms with Gasteiger partial charge in [-0.25, -0.2) is 9.79 Å². The molecule has 1 aromatic carbocycles. The van der Waals surface area contributed by atoms with Crippen LogP contribution < -0.4 is 10.6 Å². The second-order valence-electron chi connectivity index (χ2n) is 6.67. The number of amides is 1. The molecule has 0 saturated heterocycles. The highest BCUT2D eigenvalue weighted by molar-refractivity contribution is 5.88. The third-order valence-corrected chi connectivity index (χ3v) is 4.58. The van der Waals surface area contributed by atoms with Crippen LogP contribution in [0, 0.1) is 0 Å². The molecule has 0 bridgehead atoms. The first-order chi connectivity index (χ1) is 14.0. The van der Waals surface area contributed by atoms with E-state index < -0.39 is 12.0 Å². The maximum atomic E-state index is 12.6. The number of allylic oxidation sites excluding steroid dienone is 3. The molecular weight excluding hydrogens is 366 g/mol. The highest BCUT2D eigenvalue weighted by atomic mass is 16.5. The summed E-state index contributed by atoms with van der Waals surface area (Å²) in [7, 11) is 1.30. The van der Waals surface area contributed by atoms with Crippen molar-refractivity contribution in [1.82, 2.24) is 10.6 Å². The van der Waals surface area contributed by atoms with E-state index in [1.165, 1.54) is 36.6 Å². The Morgan fingerprint density at radius 2 is 1.93 bits per heavy atom. The Hall–Kier alpha value is -3.37. The van der Waals surface area contributed by atoms with Crippen LogP contribution in [0.4, 0.5) is 0 Å². The number of methoxy groups -OCH3 is 1. The smallest absolute Gasteiger partial charge is 0.330 e. The second kappa shape index (κ2) is 10.8. The van der Waals surface area contributed by atoms with E-state index in [2.05, 4.69) is 44.8 Å². The normalized spacial score (nSPS) is 15.1. The highest BCUT2D eigenvalue weighted by Gasteiger charge is 2.24. The van der Waals surface area contributed by atoms with Gasteiger partial charge in [0.25, 0.3) is 0 Å². The van der Waals surface area contributed by atoms with E-state index in [1.807, 2.05) is 19.1 Å². The summed E-state index contributed by atoms with van der Waals surface area (Å²) < 4.78 is 4.55. The fraction of sp³-hybridized carbons (Fsp3) is 0.304. The molecule has 1 amide bonds. The maximum Gasteiger partial charge on any atom is 0.330 e. The number of nitrogens with one attached hydrogen (secondary N) is 2. The van der Waals surface area contributed by atoms with E-state index in [1.54, 1.807) is 13.0 Å². The number of ether oxygens (including phenoxy) is 1. The summed E-state index contributed by atoms with van der Waals surface area (Å²) in [6.45, 7) is 7.18. The van der Waals surface area contributed by atoms with Crippen molar-refractivity contribution in [3.05, 3.63) is 77.3 Å². The van der Waals surface area contributed by atoms with Gasteiger partial charge in [-0.05, 0) is 50.0 Å². The third-order valence-electron chi connectivity index (χ3n) is 4.58. The lowest BCUT2D eigenvalue weighted by Crippen LogP contribution is -2.46. The molecule has 0 fully saturated rings. The van der Waals surface area contributed by atoms with Crippen molar-refractivity contribution < 1.29 is 14.3 Å².